The number of hydrogen-bond acceptors (Lipinski definition) is 3. The number of rotatable bonds is 5. The van der Waals surface area contributed by atoms with Gasteiger partial charge in [0.15, 0.2) is 0 Å². The summed E-state index contributed by atoms with van der Waals surface area (Å²) < 4.78 is 27.4. The van der Waals surface area contributed by atoms with Crippen LogP contribution in [0, 0.1) is 0 Å². The zero-order valence-corrected chi connectivity index (χ0v) is 16.8. The lowest BCUT2D eigenvalue weighted by Gasteiger charge is -2.30. The molecule has 0 saturated heterocycles. The molecule has 5 nitrogen and oxygen atoms in total. The highest BCUT2D eigenvalue weighted by atomic mass is 35.5. The van der Waals surface area contributed by atoms with Crippen molar-refractivity contribution in [1.82, 2.24) is 4.31 Å². The zero-order chi connectivity index (χ0) is 19.4. The fourth-order valence-corrected chi connectivity index (χ4v) is 5.01. The molecule has 1 fully saturated rings. The summed E-state index contributed by atoms with van der Waals surface area (Å²) in [7, 11) is -2.02. The van der Waals surface area contributed by atoms with Crippen LogP contribution >= 0.6 is 11.6 Å². The molecule has 0 atom stereocenters. The van der Waals surface area contributed by atoms with Crippen LogP contribution in [0.25, 0.3) is 0 Å². The van der Waals surface area contributed by atoms with Gasteiger partial charge in [-0.25, -0.2) is 8.42 Å². The number of nitrogens with zero attached hydrogens (tertiary/aromatic N) is 1. The number of hydrogen-bond donors (Lipinski definition) is 1. The van der Waals surface area contributed by atoms with E-state index >= 15 is 0 Å². The number of para-hydroxylation sites is 1. The van der Waals surface area contributed by atoms with Crippen LogP contribution in [0.1, 0.15) is 42.5 Å². The Morgan fingerprint density at radius 1 is 1.07 bits per heavy atom. The Hall–Kier alpha value is -1.89. The van der Waals surface area contributed by atoms with Crippen molar-refractivity contribution in [1.29, 1.82) is 0 Å². The van der Waals surface area contributed by atoms with Gasteiger partial charge in [-0.15, -0.1) is 0 Å². The highest BCUT2D eigenvalue weighted by Crippen LogP contribution is 2.27. The summed E-state index contributed by atoms with van der Waals surface area (Å²) >= 11 is 6.07. The lowest BCUT2D eigenvalue weighted by molar-refractivity contribution is 0.102. The Kier molecular flexibility index (Phi) is 6.19. The van der Waals surface area contributed by atoms with E-state index < -0.39 is 15.9 Å². The van der Waals surface area contributed by atoms with Crippen molar-refractivity contribution in [2.24, 2.45) is 0 Å². The average molecular weight is 407 g/mol. The predicted molar refractivity (Wildman–Crippen MR) is 108 cm³/mol. The fourth-order valence-electron chi connectivity index (χ4n) is 3.36. The Morgan fingerprint density at radius 3 is 2.48 bits per heavy atom. The Labute approximate surface area is 165 Å². The van der Waals surface area contributed by atoms with Gasteiger partial charge in [-0.1, -0.05) is 49.1 Å². The number of carbonyl (C=O) groups excluding carboxylic acids is 1. The van der Waals surface area contributed by atoms with Crippen molar-refractivity contribution >= 4 is 33.2 Å². The third kappa shape index (κ3) is 4.51. The number of anilines is 1. The predicted octanol–water partition coefficient (Wildman–Crippen LogP) is 4.55. The zero-order valence-electron chi connectivity index (χ0n) is 15.2. The molecule has 3 rings (SSSR count). The van der Waals surface area contributed by atoms with Crippen molar-refractivity contribution in [3.63, 3.8) is 0 Å². The maximum absolute atomic E-state index is 13.0. The van der Waals surface area contributed by atoms with Gasteiger partial charge < -0.3 is 5.32 Å². The Bertz CT molecular complexity index is 924. The molecular formula is C20H23ClN2O3S. The summed E-state index contributed by atoms with van der Waals surface area (Å²) in [5, 5.41) is 3.14. The molecule has 0 heterocycles. The van der Waals surface area contributed by atoms with Crippen molar-refractivity contribution in [2.75, 3.05) is 12.4 Å². The molecule has 1 amide bonds. The van der Waals surface area contributed by atoms with E-state index in [0.717, 1.165) is 32.1 Å². The largest absolute Gasteiger partial charge is 0.321 e. The smallest absolute Gasteiger partial charge is 0.255 e. The second-order valence-electron chi connectivity index (χ2n) is 6.77. The first-order chi connectivity index (χ1) is 12.9. The van der Waals surface area contributed by atoms with Gasteiger partial charge in [-0.3, -0.25) is 4.79 Å². The maximum Gasteiger partial charge on any atom is 0.255 e. The summed E-state index contributed by atoms with van der Waals surface area (Å²) in [6, 6.07) is 13.0. The molecule has 0 aromatic heterocycles. The average Bonchev–Trinajstić information content (AvgIpc) is 2.70. The minimum atomic E-state index is -3.65. The Balaban J connectivity index is 1.82. The van der Waals surface area contributed by atoms with Crippen LogP contribution in [0.5, 0.6) is 0 Å². The van der Waals surface area contributed by atoms with Gasteiger partial charge >= 0.3 is 0 Å². The van der Waals surface area contributed by atoms with Crippen molar-refractivity contribution in [3.05, 3.63) is 59.1 Å². The quantitative estimate of drug-likeness (QED) is 0.792. The summed E-state index contributed by atoms with van der Waals surface area (Å²) in [6.45, 7) is 0. The molecule has 7 heteroatoms. The van der Waals surface area contributed by atoms with E-state index in [1.807, 2.05) is 0 Å². The summed E-state index contributed by atoms with van der Waals surface area (Å²) in [5.41, 5.74) is 0.754. The molecule has 0 bridgehead atoms. The molecule has 0 unspecified atom stereocenters. The van der Waals surface area contributed by atoms with Gasteiger partial charge in [0.2, 0.25) is 10.0 Å². The second kappa shape index (κ2) is 8.42. The first-order valence-electron chi connectivity index (χ1n) is 9.03. The first kappa shape index (κ1) is 19.9. The number of carbonyl (C=O) groups is 1. The van der Waals surface area contributed by atoms with Crippen molar-refractivity contribution in [2.45, 2.75) is 43.0 Å². The van der Waals surface area contributed by atoms with E-state index in [1.54, 1.807) is 43.4 Å². The fraction of sp³-hybridized carbons (Fsp3) is 0.350. The van der Waals surface area contributed by atoms with Gasteiger partial charge in [0.05, 0.1) is 15.6 Å². The molecular weight excluding hydrogens is 384 g/mol. The van der Waals surface area contributed by atoms with Crippen LogP contribution in [0.4, 0.5) is 5.69 Å². The van der Waals surface area contributed by atoms with Gasteiger partial charge in [-0.2, -0.15) is 4.31 Å². The number of nitrogens with one attached hydrogen (secondary N) is 1. The molecule has 1 aliphatic carbocycles. The van der Waals surface area contributed by atoms with Crippen molar-refractivity contribution in [3.8, 4) is 0 Å². The van der Waals surface area contributed by atoms with E-state index in [4.69, 9.17) is 11.6 Å². The maximum atomic E-state index is 13.0. The molecule has 27 heavy (non-hydrogen) atoms. The highest BCUT2D eigenvalue weighted by Gasteiger charge is 2.29. The minimum Gasteiger partial charge on any atom is -0.321 e. The third-order valence-electron chi connectivity index (χ3n) is 4.98. The topological polar surface area (TPSA) is 66.5 Å². The van der Waals surface area contributed by atoms with Crippen LogP contribution in [-0.4, -0.2) is 31.7 Å². The van der Waals surface area contributed by atoms with Gasteiger partial charge in [0.25, 0.3) is 5.91 Å². The standard InChI is InChI=1S/C20H23ClN2O3S/c1-23(16-9-3-2-4-10-16)27(25,26)17-11-7-8-15(14-17)20(24)22-19-13-6-5-12-18(19)21/h5-8,11-14,16H,2-4,9-10H2,1H3,(H,22,24). The van der Waals surface area contributed by atoms with Crippen LogP contribution in [0.15, 0.2) is 53.4 Å². The van der Waals surface area contributed by atoms with E-state index in [0.29, 0.717) is 10.7 Å². The summed E-state index contributed by atoms with van der Waals surface area (Å²) in [5.74, 6) is -0.402. The van der Waals surface area contributed by atoms with Crippen LogP contribution in [0.2, 0.25) is 5.02 Å². The van der Waals surface area contributed by atoms with Gasteiger partial charge in [0.1, 0.15) is 0 Å². The number of amides is 1. The van der Waals surface area contributed by atoms with E-state index in [-0.39, 0.29) is 16.5 Å². The second-order valence-corrected chi connectivity index (χ2v) is 9.18. The minimum absolute atomic E-state index is 0.0179. The van der Waals surface area contributed by atoms with E-state index in [1.165, 1.54) is 16.4 Å². The highest BCUT2D eigenvalue weighted by molar-refractivity contribution is 7.89. The molecule has 0 spiro atoms. The molecule has 1 N–H and O–H groups in total. The lowest BCUT2D eigenvalue weighted by Crippen LogP contribution is -2.38. The molecule has 0 radical (unpaired) electrons. The summed E-state index contributed by atoms with van der Waals surface area (Å²) in [6.07, 6.45) is 5.00. The molecule has 2 aromatic rings. The van der Waals surface area contributed by atoms with Crippen LogP contribution in [-0.2, 0) is 10.0 Å². The van der Waals surface area contributed by atoms with E-state index in [9.17, 15) is 13.2 Å². The normalized spacial score (nSPS) is 15.7. The molecule has 1 saturated carbocycles. The van der Waals surface area contributed by atoms with Gasteiger partial charge in [-0.05, 0) is 43.2 Å². The van der Waals surface area contributed by atoms with E-state index in [2.05, 4.69) is 5.32 Å². The number of halogens is 1. The number of sulfonamides is 1. The monoisotopic (exact) mass is 406 g/mol. The first-order valence-corrected chi connectivity index (χ1v) is 10.9. The SMILES string of the molecule is CN(C1CCCCC1)S(=O)(=O)c1cccc(C(=O)Nc2ccccc2Cl)c1. The third-order valence-corrected chi connectivity index (χ3v) is 7.22. The number of benzene rings is 2. The molecule has 2 aromatic carbocycles. The molecule has 1 aliphatic rings. The molecule has 144 valence electrons. The van der Waals surface area contributed by atoms with Crippen molar-refractivity contribution < 1.29 is 13.2 Å². The lowest BCUT2D eigenvalue weighted by atomic mass is 9.96. The summed E-state index contributed by atoms with van der Waals surface area (Å²) in [4.78, 5) is 12.7. The van der Waals surface area contributed by atoms with Crippen LogP contribution in [0.3, 0.4) is 0 Å². The molecule has 0 aliphatic heterocycles. The Morgan fingerprint density at radius 2 is 1.78 bits per heavy atom. The van der Waals surface area contributed by atoms with Gasteiger partial charge in [0, 0.05) is 18.7 Å². The van der Waals surface area contributed by atoms with Crippen LogP contribution < -0.4 is 5.32 Å².